The normalized spacial score (nSPS) is 21.1. The Morgan fingerprint density at radius 2 is 1.68 bits per heavy atom. The lowest BCUT2D eigenvalue weighted by Crippen LogP contribution is -2.48. The number of carbonyl (C=O) groups is 2. The highest BCUT2D eigenvalue weighted by Gasteiger charge is 2.43. The Bertz CT molecular complexity index is 721. The summed E-state index contributed by atoms with van der Waals surface area (Å²) in [6, 6.07) is 6.07. The molecule has 1 aliphatic heterocycles. The molecule has 6 nitrogen and oxygen atoms in total. The van der Waals surface area contributed by atoms with Crippen LogP contribution in [-0.4, -0.2) is 37.6 Å². The zero-order valence-corrected chi connectivity index (χ0v) is 16.4. The number of hydrogen-bond acceptors (Lipinski definition) is 4. The maximum atomic E-state index is 13.2. The molecule has 0 spiro atoms. The third kappa shape index (κ3) is 3.96. The van der Waals surface area contributed by atoms with Crippen molar-refractivity contribution in [1.82, 2.24) is 10.6 Å². The molecule has 28 heavy (non-hydrogen) atoms. The Balaban J connectivity index is 1.42. The Morgan fingerprint density at radius 3 is 2.43 bits per heavy atom. The van der Waals surface area contributed by atoms with Gasteiger partial charge in [0.2, 0.25) is 11.8 Å². The summed E-state index contributed by atoms with van der Waals surface area (Å²) in [5.74, 6) is 1.30. The molecule has 0 unspecified atom stereocenters. The minimum Gasteiger partial charge on any atom is -0.486 e. The molecule has 1 aromatic rings. The fourth-order valence-electron chi connectivity index (χ4n) is 4.82. The number of carbonyl (C=O) groups excluding carboxylic acids is 2. The Morgan fingerprint density at radius 1 is 0.964 bits per heavy atom. The highest BCUT2D eigenvalue weighted by Crippen LogP contribution is 2.44. The van der Waals surface area contributed by atoms with Crippen LogP contribution in [0.3, 0.4) is 0 Å². The molecule has 1 aromatic carbocycles. The second kappa shape index (κ2) is 8.41. The quantitative estimate of drug-likeness (QED) is 0.816. The zero-order chi connectivity index (χ0) is 19.4. The fourth-order valence-corrected chi connectivity index (χ4v) is 4.82. The van der Waals surface area contributed by atoms with E-state index in [0.29, 0.717) is 19.0 Å². The van der Waals surface area contributed by atoms with Crippen molar-refractivity contribution < 1.29 is 19.1 Å². The molecule has 152 valence electrons. The van der Waals surface area contributed by atoms with E-state index in [1.807, 2.05) is 18.2 Å². The largest absolute Gasteiger partial charge is 0.486 e. The zero-order valence-electron chi connectivity index (χ0n) is 16.4. The van der Waals surface area contributed by atoms with Gasteiger partial charge >= 0.3 is 0 Å². The Labute approximate surface area is 166 Å². The number of rotatable bonds is 5. The summed E-state index contributed by atoms with van der Waals surface area (Å²) in [7, 11) is 0. The molecular formula is C22H30N2O4. The second-order valence-electron chi connectivity index (χ2n) is 8.23. The van der Waals surface area contributed by atoms with Gasteiger partial charge in [-0.25, -0.2) is 0 Å². The molecule has 1 heterocycles. The van der Waals surface area contributed by atoms with Crippen LogP contribution in [0.15, 0.2) is 18.2 Å². The molecule has 2 N–H and O–H groups in total. The van der Waals surface area contributed by atoms with Crippen LogP contribution >= 0.6 is 0 Å². The van der Waals surface area contributed by atoms with Crippen LogP contribution in [0.2, 0.25) is 0 Å². The van der Waals surface area contributed by atoms with E-state index in [1.165, 1.54) is 19.3 Å². The average molecular weight is 386 g/mol. The number of hydrogen-bond donors (Lipinski definition) is 2. The summed E-state index contributed by atoms with van der Waals surface area (Å²) in [4.78, 5) is 25.5. The van der Waals surface area contributed by atoms with Gasteiger partial charge in [0.1, 0.15) is 13.2 Å². The van der Waals surface area contributed by atoms with E-state index < -0.39 is 5.41 Å². The van der Waals surface area contributed by atoms with Gasteiger partial charge < -0.3 is 20.1 Å². The number of ether oxygens (including phenoxy) is 2. The van der Waals surface area contributed by atoms with Gasteiger partial charge in [-0.1, -0.05) is 38.2 Å². The van der Waals surface area contributed by atoms with Crippen LogP contribution in [0.25, 0.3) is 0 Å². The Kier molecular flexibility index (Phi) is 5.74. The number of amides is 2. The molecule has 2 saturated carbocycles. The fraction of sp³-hybridized carbons (Fsp3) is 0.636. The summed E-state index contributed by atoms with van der Waals surface area (Å²) in [5.41, 5.74) is 0.375. The molecule has 6 heteroatoms. The molecule has 3 aliphatic rings. The third-order valence-corrected chi connectivity index (χ3v) is 6.37. The molecular weight excluding hydrogens is 356 g/mol. The molecule has 2 aliphatic carbocycles. The molecule has 2 fully saturated rings. The average Bonchev–Trinajstić information content (AvgIpc) is 3.24. The smallest absolute Gasteiger partial charge is 0.239 e. The van der Waals surface area contributed by atoms with Crippen molar-refractivity contribution in [1.29, 1.82) is 0 Å². The molecule has 0 atom stereocenters. The van der Waals surface area contributed by atoms with Crippen LogP contribution in [0, 0.1) is 0 Å². The van der Waals surface area contributed by atoms with Gasteiger partial charge in [0.25, 0.3) is 0 Å². The van der Waals surface area contributed by atoms with E-state index in [0.717, 1.165) is 49.8 Å². The van der Waals surface area contributed by atoms with Crippen molar-refractivity contribution in [2.75, 3.05) is 19.8 Å². The van der Waals surface area contributed by atoms with Crippen molar-refractivity contribution in [2.24, 2.45) is 0 Å². The predicted octanol–water partition coefficient (Wildman–Crippen LogP) is 2.83. The molecule has 0 bridgehead atoms. The highest BCUT2D eigenvalue weighted by atomic mass is 16.6. The molecule has 2 amide bonds. The van der Waals surface area contributed by atoms with Crippen molar-refractivity contribution in [3.8, 4) is 11.5 Å². The van der Waals surface area contributed by atoms with E-state index in [2.05, 4.69) is 10.6 Å². The first-order valence-corrected chi connectivity index (χ1v) is 10.7. The van der Waals surface area contributed by atoms with E-state index >= 15 is 0 Å². The van der Waals surface area contributed by atoms with E-state index in [9.17, 15) is 9.59 Å². The third-order valence-electron chi connectivity index (χ3n) is 6.37. The lowest BCUT2D eigenvalue weighted by molar-refractivity contribution is -0.130. The maximum absolute atomic E-state index is 13.2. The van der Waals surface area contributed by atoms with Gasteiger partial charge in [0, 0.05) is 6.04 Å². The summed E-state index contributed by atoms with van der Waals surface area (Å²) in [5, 5.41) is 5.98. The lowest BCUT2D eigenvalue weighted by Gasteiger charge is -2.30. The first-order chi connectivity index (χ1) is 13.7. The van der Waals surface area contributed by atoms with Crippen LogP contribution in [0.4, 0.5) is 0 Å². The van der Waals surface area contributed by atoms with E-state index in [1.54, 1.807) is 0 Å². The van der Waals surface area contributed by atoms with Gasteiger partial charge in [-0.15, -0.1) is 0 Å². The summed E-state index contributed by atoms with van der Waals surface area (Å²) >= 11 is 0. The second-order valence-corrected chi connectivity index (χ2v) is 8.23. The predicted molar refractivity (Wildman–Crippen MR) is 106 cm³/mol. The maximum Gasteiger partial charge on any atom is 0.239 e. The van der Waals surface area contributed by atoms with Gasteiger partial charge in [-0.05, 0) is 43.4 Å². The van der Waals surface area contributed by atoms with Crippen molar-refractivity contribution in [3.05, 3.63) is 23.8 Å². The number of benzene rings is 1. The molecule has 4 rings (SSSR count). The molecule has 0 aromatic heterocycles. The first kappa shape index (κ1) is 19.1. The van der Waals surface area contributed by atoms with Gasteiger partial charge in [0.05, 0.1) is 12.0 Å². The Hall–Kier alpha value is -2.24. The van der Waals surface area contributed by atoms with Crippen molar-refractivity contribution in [2.45, 2.75) is 69.2 Å². The van der Waals surface area contributed by atoms with Crippen molar-refractivity contribution >= 4 is 11.8 Å². The van der Waals surface area contributed by atoms with Crippen LogP contribution < -0.4 is 20.1 Å². The van der Waals surface area contributed by atoms with Crippen LogP contribution in [-0.2, 0) is 15.0 Å². The topological polar surface area (TPSA) is 76.7 Å². The minimum atomic E-state index is -0.582. The van der Waals surface area contributed by atoms with Gasteiger partial charge in [-0.2, -0.15) is 0 Å². The molecule has 0 saturated heterocycles. The summed E-state index contributed by atoms with van der Waals surface area (Å²) < 4.78 is 11.3. The highest BCUT2D eigenvalue weighted by molar-refractivity contribution is 5.92. The lowest BCUT2D eigenvalue weighted by atomic mass is 9.77. The van der Waals surface area contributed by atoms with E-state index in [4.69, 9.17) is 9.47 Å². The summed E-state index contributed by atoms with van der Waals surface area (Å²) in [6.07, 6.45) is 9.29. The molecule has 0 radical (unpaired) electrons. The van der Waals surface area contributed by atoms with Crippen LogP contribution in [0.5, 0.6) is 11.5 Å². The summed E-state index contributed by atoms with van der Waals surface area (Å²) in [6.45, 7) is 1.12. The number of fused-ring (bicyclic) bond motifs is 1. The van der Waals surface area contributed by atoms with Gasteiger partial charge in [-0.3, -0.25) is 9.59 Å². The number of nitrogens with one attached hydrogen (secondary N) is 2. The first-order valence-electron chi connectivity index (χ1n) is 10.7. The standard InChI is InChI=1S/C22H30N2O4/c25-20(24-17-6-2-1-3-7-17)15-23-21(26)22(10-4-5-11-22)16-8-9-18-19(14-16)28-13-12-27-18/h8-9,14,17H,1-7,10-13,15H2,(H,23,26)(H,24,25). The SMILES string of the molecule is O=C(CNC(=O)C1(c2ccc3c(c2)OCCO3)CCCC1)NC1CCCCC1. The van der Waals surface area contributed by atoms with E-state index in [-0.39, 0.29) is 24.4 Å². The minimum absolute atomic E-state index is 0.0433. The monoisotopic (exact) mass is 386 g/mol. The van der Waals surface area contributed by atoms with Gasteiger partial charge in [0.15, 0.2) is 11.5 Å². The van der Waals surface area contributed by atoms with Crippen LogP contribution in [0.1, 0.15) is 63.4 Å². The van der Waals surface area contributed by atoms with Crippen molar-refractivity contribution in [3.63, 3.8) is 0 Å².